The highest BCUT2D eigenvalue weighted by Crippen LogP contribution is 2.22. The fourth-order valence-corrected chi connectivity index (χ4v) is 3.70. The Morgan fingerprint density at radius 1 is 1.19 bits per heavy atom. The number of aromatic nitrogens is 1. The minimum atomic E-state index is -0.337. The first-order chi connectivity index (χ1) is 12.5. The van der Waals surface area contributed by atoms with Crippen LogP contribution in [0.1, 0.15) is 16.7 Å². The zero-order valence-corrected chi connectivity index (χ0v) is 15.9. The Morgan fingerprint density at radius 2 is 1.88 bits per heavy atom. The molecular weight excluding hydrogens is 344 g/mol. The van der Waals surface area contributed by atoms with E-state index in [1.54, 1.807) is 0 Å². The first-order valence-electron chi connectivity index (χ1n) is 8.29. The number of fused-ring (bicyclic) bond motifs is 1. The molecule has 2 aromatic carbocycles. The topological polar surface area (TPSA) is 43.6 Å². The average molecular weight is 364 g/mol. The molecule has 0 N–H and O–H groups in total. The van der Waals surface area contributed by atoms with Crippen molar-refractivity contribution in [3.63, 3.8) is 0 Å². The molecule has 5 heteroatoms. The van der Waals surface area contributed by atoms with Gasteiger partial charge in [-0.15, -0.1) is 6.42 Å². The van der Waals surface area contributed by atoms with Gasteiger partial charge < -0.3 is 9.30 Å². The van der Waals surface area contributed by atoms with Crippen LogP contribution in [-0.2, 0) is 11.3 Å². The van der Waals surface area contributed by atoms with Gasteiger partial charge in [-0.05, 0) is 56.2 Å². The molecule has 0 fully saturated rings. The Kier molecular flexibility index (Phi) is 5.24. The molecule has 0 bridgehead atoms. The fourth-order valence-electron chi connectivity index (χ4n) is 2.57. The van der Waals surface area contributed by atoms with Gasteiger partial charge in [-0.25, -0.2) is 0 Å². The molecule has 0 unspecified atom stereocenters. The molecule has 1 heterocycles. The highest BCUT2D eigenvalue weighted by atomic mass is 32.1. The molecule has 0 saturated heterocycles. The zero-order valence-electron chi connectivity index (χ0n) is 15.1. The second kappa shape index (κ2) is 7.59. The fraction of sp³-hybridized carbons (Fsp3) is 0.238. The van der Waals surface area contributed by atoms with Crippen molar-refractivity contribution in [1.29, 1.82) is 0 Å². The van der Waals surface area contributed by atoms with E-state index in [9.17, 15) is 4.79 Å². The summed E-state index contributed by atoms with van der Waals surface area (Å²) in [5.74, 6) is 2.95. The summed E-state index contributed by atoms with van der Waals surface area (Å²) >= 11 is 1.46. The Hall–Kier alpha value is -2.84. The van der Waals surface area contributed by atoms with Crippen molar-refractivity contribution >= 4 is 27.5 Å². The van der Waals surface area contributed by atoms with E-state index in [0.717, 1.165) is 15.8 Å². The van der Waals surface area contributed by atoms with E-state index >= 15 is 0 Å². The summed E-state index contributed by atoms with van der Waals surface area (Å²) < 4.78 is 8.48. The van der Waals surface area contributed by atoms with Gasteiger partial charge in [-0.2, -0.15) is 4.99 Å². The van der Waals surface area contributed by atoms with Crippen LogP contribution in [0.25, 0.3) is 10.2 Å². The lowest BCUT2D eigenvalue weighted by atomic mass is 10.1. The molecule has 0 saturated carbocycles. The molecule has 0 aliphatic carbocycles. The highest BCUT2D eigenvalue weighted by Gasteiger charge is 2.09. The van der Waals surface area contributed by atoms with Crippen LogP contribution >= 0.6 is 11.3 Å². The first kappa shape index (κ1) is 18.0. The summed E-state index contributed by atoms with van der Waals surface area (Å²) in [6, 6.07) is 11.8. The molecule has 0 aliphatic rings. The molecule has 0 aliphatic heterocycles. The van der Waals surface area contributed by atoms with E-state index < -0.39 is 0 Å². The number of amides is 1. The predicted molar refractivity (Wildman–Crippen MR) is 105 cm³/mol. The Bertz CT molecular complexity index is 1070. The lowest BCUT2D eigenvalue weighted by Crippen LogP contribution is -2.19. The van der Waals surface area contributed by atoms with Crippen LogP contribution in [0.5, 0.6) is 5.75 Å². The number of ether oxygens (including phenoxy) is 1. The standard InChI is InChI=1S/C21H20N2O2S/c1-5-10-23-18-11-15(3)16(4)12-19(18)26-21(23)22-20(24)13-25-17-8-6-14(2)7-9-17/h1,6-9,11-12H,10,13H2,2-4H3. The predicted octanol–water partition coefficient (Wildman–Crippen LogP) is 3.77. The third-order valence-electron chi connectivity index (χ3n) is 4.15. The first-order valence-corrected chi connectivity index (χ1v) is 9.10. The summed E-state index contributed by atoms with van der Waals surface area (Å²) in [6.07, 6.45) is 5.51. The smallest absolute Gasteiger partial charge is 0.286 e. The Morgan fingerprint density at radius 3 is 2.58 bits per heavy atom. The Labute approximate surface area is 156 Å². The molecule has 0 spiro atoms. The van der Waals surface area contributed by atoms with Crippen molar-refractivity contribution in [3.05, 3.63) is 57.9 Å². The zero-order chi connectivity index (χ0) is 18.7. The van der Waals surface area contributed by atoms with Crippen LogP contribution in [0.3, 0.4) is 0 Å². The maximum atomic E-state index is 12.3. The van der Waals surface area contributed by atoms with Gasteiger partial charge in [0.05, 0.1) is 16.8 Å². The van der Waals surface area contributed by atoms with Crippen LogP contribution in [0.4, 0.5) is 0 Å². The summed E-state index contributed by atoms with van der Waals surface area (Å²) in [4.78, 5) is 17.1. The monoisotopic (exact) mass is 364 g/mol. The van der Waals surface area contributed by atoms with Gasteiger partial charge in [0.15, 0.2) is 11.4 Å². The SMILES string of the molecule is C#CCn1c(=NC(=O)COc2ccc(C)cc2)sc2cc(C)c(C)cc21. The molecule has 26 heavy (non-hydrogen) atoms. The number of thiazole rings is 1. The number of nitrogens with zero attached hydrogens (tertiary/aromatic N) is 2. The number of carbonyl (C=O) groups excluding carboxylic acids is 1. The number of carbonyl (C=O) groups is 1. The van der Waals surface area contributed by atoms with Crippen LogP contribution in [0.2, 0.25) is 0 Å². The average Bonchev–Trinajstić information content (AvgIpc) is 2.92. The molecule has 3 aromatic rings. The molecule has 0 radical (unpaired) electrons. The van der Waals surface area contributed by atoms with Gasteiger partial charge in [-0.1, -0.05) is 35.0 Å². The third kappa shape index (κ3) is 3.87. The summed E-state index contributed by atoms with van der Waals surface area (Å²) in [5.41, 5.74) is 4.52. The second-order valence-corrected chi connectivity index (χ2v) is 7.20. The number of hydrogen-bond donors (Lipinski definition) is 0. The van der Waals surface area contributed by atoms with Gasteiger partial charge in [-0.3, -0.25) is 4.79 Å². The van der Waals surface area contributed by atoms with Gasteiger partial charge in [0.25, 0.3) is 5.91 Å². The number of rotatable bonds is 4. The number of benzene rings is 2. The Balaban J connectivity index is 1.90. The van der Waals surface area contributed by atoms with Crippen molar-refractivity contribution in [2.75, 3.05) is 6.61 Å². The van der Waals surface area contributed by atoms with Crippen molar-refractivity contribution in [1.82, 2.24) is 4.57 Å². The quantitative estimate of drug-likeness (QED) is 0.662. The summed E-state index contributed by atoms with van der Waals surface area (Å²) in [7, 11) is 0. The largest absolute Gasteiger partial charge is 0.484 e. The molecule has 1 amide bonds. The van der Waals surface area contributed by atoms with Crippen molar-refractivity contribution in [3.8, 4) is 18.1 Å². The van der Waals surface area contributed by atoms with Crippen LogP contribution in [0, 0.1) is 33.1 Å². The molecule has 3 rings (SSSR count). The molecule has 4 nitrogen and oxygen atoms in total. The van der Waals surface area contributed by atoms with Gasteiger partial charge in [0.1, 0.15) is 5.75 Å². The molecule has 132 valence electrons. The maximum absolute atomic E-state index is 12.3. The van der Waals surface area contributed by atoms with E-state index in [1.807, 2.05) is 35.8 Å². The van der Waals surface area contributed by atoms with Gasteiger partial charge >= 0.3 is 0 Å². The maximum Gasteiger partial charge on any atom is 0.286 e. The van der Waals surface area contributed by atoms with Gasteiger partial charge in [0, 0.05) is 0 Å². The third-order valence-corrected chi connectivity index (χ3v) is 5.19. The van der Waals surface area contributed by atoms with Crippen molar-refractivity contribution < 1.29 is 9.53 Å². The van der Waals surface area contributed by atoms with E-state index in [2.05, 4.69) is 36.9 Å². The lowest BCUT2D eigenvalue weighted by Gasteiger charge is -2.04. The van der Waals surface area contributed by atoms with E-state index in [0.29, 0.717) is 17.1 Å². The van der Waals surface area contributed by atoms with Gasteiger partial charge in [0.2, 0.25) is 0 Å². The summed E-state index contributed by atoms with van der Waals surface area (Å²) in [6.45, 7) is 6.39. The minimum Gasteiger partial charge on any atom is -0.484 e. The number of hydrogen-bond acceptors (Lipinski definition) is 3. The van der Waals surface area contributed by atoms with Crippen LogP contribution in [-0.4, -0.2) is 17.1 Å². The number of terminal acetylenes is 1. The number of aryl methyl sites for hydroxylation is 3. The minimum absolute atomic E-state index is 0.106. The van der Waals surface area contributed by atoms with Crippen molar-refractivity contribution in [2.24, 2.45) is 4.99 Å². The van der Waals surface area contributed by atoms with E-state index in [-0.39, 0.29) is 12.5 Å². The molecular formula is C21H20N2O2S. The van der Waals surface area contributed by atoms with Crippen LogP contribution in [0.15, 0.2) is 41.4 Å². The normalized spacial score (nSPS) is 11.5. The highest BCUT2D eigenvalue weighted by molar-refractivity contribution is 7.16. The molecule has 1 aromatic heterocycles. The van der Waals surface area contributed by atoms with Crippen molar-refractivity contribution in [2.45, 2.75) is 27.3 Å². The molecule has 0 atom stereocenters. The van der Waals surface area contributed by atoms with E-state index in [4.69, 9.17) is 11.2 Å². The van der Waals surface area contributed by atoms with Crippen LogP contribution < -0.4 is 9.54 Å². The lowest BCUT2D eigenvalue weighted by molar-refractivity contribution is -0.120. The van der Waals surface area contributed by atoms with E-state index in [1.165, 1.54) is 22.5 Å². The second-order valence-electron chi connectivity index (χ2n) is 6.19. The summed E-state index contributed by atoms with van der Waals surface area (Å²) in [5, 5.41) is 0.